The Hall–Kier alpha value is -3.93. The average Bonchev–Trinajstić information content (AvgIpc) is 3.16. The molecule has 0 atom stereocenters. The molecule has 1 heterocycles. The summed E-state index contributed by atoms with van der Waals surface area (Å²) in [5.74, 6) is 0.690. The van der Waals surface area contributed by atoms with Crippen molar-refractivity contribution in [3.8, 4) is 0 Å². The summed E-state index contributed by atoms with van der Waals surface area (Å²) in [5.41, 5.74) is 5.61. The number of imidazole rings is 1. The number of carbonyl (C=O) groups excluding carboxylic acids is 2. The van der Waals surface area contributed by atoms with E-state index in [0.29, 0.717) is 25.1 Å². The van der Waals surface area contributed by atoms with Crippen LogP contribution in [0.4, 0.5) is 0 Å². The van der Waals surface area contributed by atoms with Crippen LogP contribution in [0, 0.1) is 13.8 Å². The molecule has 3 aromatic carbocycles. The van der Waals surface area contributed by atoms with Crippen LogP contribution in [0.5, 0.6) is 0 Å². The van der Waals surface area contributed by atoms with Gasteiger partial charge < -0.3 is 14.8 Å². The minimum absolute atomic E-state index is 0.00701. The van der Waals surface area contributed by atoms with E-state index in [9.17, 15) is 9.59 Å². The zero-order valence-corrected chi connectivity index (χ0v) is 19.9. The Kier molecular flexibility index (Phi) is 7.07. The van der Waals surface area contributed by atoms with E-state index in [1.54, 1.807) is 4.90 Å². The lowest BCUT2D eigenvalue weighted by molar-refractivity contribution is -0.131. The van der Waals surface area contributed by atoms with E-state index in [0.717, 1.165) is 33.5 Å². The summed E-state index contributed by atoms with van der Waals surface area (Å²) in [5, 5.41) is 3.00. The van der Waals surface area contributed by atoms with Gasteiger partial charge in [-0.15, -0.1) is 0 Å². The molecule has 0 aliphatic rings. The van der Waals surface area contributed by atoms with Crippen LogP contribution in [0.25, 0.3) is 11.0 Å². The van der Waals surface area contributed by atoms with Gasteiger partial charge in [-0.25, -0.2) is 4.98 Å². The smallest absolute Gasteiger partial charge is 0.251 e. The zero-order valence-electron chi connectivity index (χ0n) is 19.9. The van der Waals surface area contributed by atoms with E-state index in [2.05, 4.69) is 5.32 Å². The number of aryl methyl sites for hydroxylation is 2. The fourth-order valence-corrected chi connectivity index (χ4v) is 4.15. The van der Waals surface area contributed by atoms with Crippen LogP contribution < -0.4 is 5.32 Å². The molecule has 1 N–H and O–H groups in total. The normalized spacial score (nSPS) is 10.9. The lowest BCUT2D eigenvalue weighted by atomic mass is 10.1. The third-order valence-electron chi connectivity index (χ3n) is 5.98. The third-order valence-corrected chi connectivity index (χ3v) is 5.98. The van der Waals surface area contributed by atoms with Crippen LogP contribution in [0.3, 0.4) is 0 Å². The van der Waals surface area contributed by atoms with Gasteiger partial charge in [0.25, 0.3) is 5.91 Å². The molecule has 0 fully saturated rings. The first-order valence-electron chi connectivity index (χ1n) is 11.5. The van der Waals surface area contributed by atoms with E-state index >= 15 is 0 Å². The molecule has 1 aromatic heterocycles. The van der Waals surface area contributed by atoms with Crippen LogP contribution in [0.15, 0.2) is 72.8 Å². The molecule has 0 radical (unpaired) electrons. The van der Waals surface area contributed by atoms with Gasteiger partial charge in [-0.05, 0) is 43.2 Å². The van der Waals surface area contributed by atoms with E-state index in [4.69, 9.17) is 4.98 Å². The molecule has 4 aromatic rings. The van der Waals surface area contributed by atoms with Gasteiger partial charge in [-0.3, -0.25) is 9.59 Å². The number of likely N-dealkylation sites (N-methyl/N-ethyl adjacent to an activating group) is 1. The number of para-hydroxylation sites is 2. The maximum atomic E-state index is 13.1. The number of hydrogen-bond donors (Lipinski definition) is 1. The van der Waals surface area contributed by atoms with Crippen molar-refractivity contribution in [2.45, 2.75) is 33.4 Å². The summed E-state index contributed by atoms with van der Waals surface area (Å²) < 4.78 is 1.96. The lowest BCUT2D eigenvalue weighted by Crippen LogP contribution is -2.31. The molecule has 6 heteroatoms. The second-order valence-corrected chi connectivity index (χ2v) is 8.66. The molecule has 6 nitrogen and oxygen atoms in total. The average molecular weight is 455 g/mol. The summed E-state index contributed by atoms with van der Waals surface area (Å²) in [6.07, 6.45) is 0.529. The number of fused-ring (bicyclic) bond motifs is 1. The van der Waals surface area contributed by atoms with Crippen LogP contribution in [0.2, 0.25) is 0 Å². The first-order chi connectivity index (χ1) is 16.4. The Morgan fingerprint density at radius 3 is 2.47 bits per heavy atom. The van der Waals surface area contributed by atoms with Gasteiger partial charge >= 0.3 is 0 Å². The predicted molar refractivity (Wildman–Crippen MR) is 135 cm³/mol. The summed E-state index contributed by atoms with van der Waals surface area (Å²) in [6, 6.07) is 23.6. The van der Waals surface area contributed by atoms with Crippen LogP contribution in [-0.4, -0.2) is 39.9 Å². The number of rotatable bonds is 8. The standard InChI is InChI=1S/C28H30N4O2/c1-20-13-14-23(21(2)17-20)28(34)29-16-15-26-30-24-11-7-8-12-25(24)32(26)19-27(33)31(3)18-22-9-5-4-6-10-22/h4-14,17H,15-16,18-19H2,1-3H3,(H,29,34). The SMILES string of the molecule is Cc1ccc(C(=O)NCCc2nc3ccccc3n2CC(=O)N(C)Cc2ccccc2)c(C)c1. The minimum atomic E-state index is -0.0983. The number of nitrogens with zero attached hydrogens (tertiary/aromatic N) is 3. The number of amides is 2. The number of aromatic nitrogens is 2. The van der Waals surface area contributed by atoms with E-state index < -0.39 is 0 Å². The Labute approximate surface area is 200 Å². The topological polar surface area (TPSA) is 67.2 Å². The monoisotopic (exact) mass is 454 g/mol. The molecule has 0 aliphatic heterocycles. The fourth-order valence-electron chi connectivity index (χ4n) is 4.15. The largest absolute Gasteiger partial charge is 0.352 e. The van der Waals surface area contributed by atoms with Crippen molar-refractivity contribution >= 4 is 22.8 Å². The Bertz CT molecular complexity index is 1310. The van der Waals surface area contributed by atoms with Crippen molar-refractivity contribution in [1.82, 2.24) is 19.8 Å². The van der Waals surface area contributed by atoms with Crippen molar-refractivity contribution in [2.75, 3.05) is 13.6 Å². The van der Waals surface area contributed by atoms with Crippen molar-refractivity contribution in [2.24, 2.45) is 0 Å². The Morgan fingerprint density at radius 2 is 1.71 bits per heavy atom. The summed E-state index contributed by atoms with van der Waals surface area (Å²) in [6.45, 7) is 5.14. The van der Waals surface area contributed by atoms with Gasteiger partial charge in [0.15, 0.2) is 0 Å². The molecule has 174 valence electrons. The maximum Gasteiger partial charge on any atom is 0.251 e. The van der Waals surface area contributed by atoms with Crippen molar-refractivity contribution in [1.29, 1.82) is 0 Å². The highest BCUT2D eigenvalue weighted by atomic mass is 16.2. The molecule has 0 aliphatic carbocycles. The molecule has 0 bridgehead atoms. The highest BCUT2D eigenvalue weighted by Gasteiger charge is 2.17. The molecule has 0 spiro atoms. The molecule has 2 amide bonds. The Morgan fingerprint density at radius 1 is 0.971 bits per heavy atom. The van der Waals surface area contributed by atoms with Gasteiger partial charge in [0.1, 0.15) is 12.4 Å². The van der Waals surface area contributed by atoms with Crippen LogP contribution in [0.1, 0.15) is 32.9 Å². The lowest BCUT2D eigenvalue weighted by Gasteiger charge is -2.19. The van der Waals surface area contributed by atoms with E-state index in [1.165, 1.54) is 0 Å². The summed E-state index contributed by atoms with van der Waals surface area (Å²) >= 11 is 0. The molecule has 0 unspecified atom stereocenters. The zero-order chi connectivity index (χ0) is 24.1. The number of carbonyl (C=O) groups is 2. The second kappa shape index (κ2) is 10.3. The highest BCUT2D eigenvalue weighted by Crippen LogP contribution is 2.17. The van der Waals surface area contributed by atoms with E-state index in [-0.39, 0.29) is 18.4 Å². The third kappa shape index (κ3) is 5.34. The quantitative estimate of drug-likeness (QED) is 0.432. The van der Waals surface area contributed by atoms with Crippen LogP contribution in [-0.2, 0) is 24.3 Å². The minimum Gasteiger partial charge on any atom is -0.352 e. The van der Waals surface area contributed by atoms with Crippen molar-refractivity contribution < 1.29 is 9.59 Å². The van der Waals surface area contributed by atoms with Crippen molar-refractivity contribution in [3.63, 3.8) is 0 Å². The van der Waals surface area contributed by atoms with E-state index in [1.807, 2.05) is 98.3 Å². The molecular weight excluding hydrogens is 424 g/mol. The van der Waals surface area contributed by atoms with Crippen LogP contribution >= 0.6 is 0 Å². The summed E-state index contributed by atoms with van der Waals surface area (Å²) in [4.78, 5) is 32.2. The highest BCUT2D eigenvalue weighted by molar-refractivity contribution is 5.95. The predicted octanol–water partition coefficient (Wildman–Crippen LogP) is 4.28. The number of nitrogens with one attached hydrogen (secondary N) is 1. The molecular formula is C28H30N4O2. The molecule has 0 saturated heterocycles. The summed E-state index contributed by atoms with van der Waals surface area (Å²) in [7, 11) is 1.82. The van der Waals surface area contributed by atoms with Gasteiger partial charge in [-0.2, -0.15) is 0 Å². The second-order valence-electron chi connectivity index (χ2n) is 8.66. The van der Waals surface area contributed by atoms with Gasteiger partial charge in [-0.1, -0.05) is 60.2 Å². The number of hydrogen-bond acceptors (Lipinski definition) is 3. The van der Waals surface area contributed by atoms with Gasteiger partial charge in [0.2, 0.25) is 5.91 Å². The first kappa shape index (κ1) is 23.2. The first-order valence-corrected chi connectivity index (χ1v) is 11.5. The van der Waals surface area contributed by atoms with Crippen molar-refractivity contribution in [3.05, 3.63) is 101 Å². The fraction of sp³-hybridized carbons (Fsp3) is 0.250. The number of benzene rings is 3. The molecule has 34 heavy (non-hydrogen) atoms. The van der Waals surface area contributed by atoms with Gasteiger partial charge in [0.05, 0.1) is 11.0 Å². The Balaban J connectivity index is 1.46. The molecule has 4 rings (SSSR count). The van der Waals surface area contributed by atoms with Gasteiger partial charge in [0, 0.05) is 32.1 Å². The maximum absolute atomic E-state index is 13.1. The molecule has 0 saturated carbocycles.